The van der Waals surface area contributed by atoms with E-state index in [1.54, 1.807) is 0 Å². The minimum atomic E-state index is 0.417. The molecule has 6 bridgehead atoms. The van der Waals surface area contributed by atoms with Crippen LogP contribution in [0.25, 0.3) is 11.3 Å². The number of ether oxygens (including phenoxy) is 4. The monoisotopic (exact) mass is 488 g/mol. The molecule has 2 aliphatic heterocycles. The molecule has 0 atom stereocenters. The van der Waals surface area contributed by atoms with Gasteiger partial charge in [-0.3, -0.25) is 4.90 Å². The third-order valence-electron chi connectivity index (χ3n) is 6.91. The second-order valence-electron chi connectivity index (χ2n) is 9.38. The topological polar surface area (TPSA) is 78.0 Å². The second-order valence-corrected chi connectivity index (χ2v) is 9.38. The maximum atomic E-state index is 6.12. The molecule has 1 N–H and O–H groups in total. The lowest BCUT2D eigenvalue weighted by molar-refractivity contribution is 0.0754. The molecule has 0 spiro atoms. The SMILES string of the molecule is c1cc(OCCN2CCCC2)c2cc1Nc1ncc3c(n1)-c1cc(ccc1CC3)OCCOCCO2. The van der Waals surface area contributed by atoms with E-state index < -0.39 is 0 Å². The van der Waals surface area contributed by atoms with Crippen molar-refractivity contribution in [2.45, 2.75) is 25.7 Å². The summed E-state index contributed by atoms with van der Waals surface area (Å²) in [6, 6.07) is 12.1. The number of likely N-dealkylation sites (tertiary alicyclic amines) is 1. The van der Waals surface area contributed by atoms with Crippen molar-refractivity contribution in [1.29, 1.82) is 0 Å². The number of hydrogen-bond donors (Lipinski definition) is 1. The third kappa shape index (κ3) is 5.24. The van der Waals surface area contributed by atoms with Gasteiger partial charge < -0.3 is 24.3 Å². The Morgan fingerprint density at radius 2 is 1.78 bits per heavy atom. The van der Waals surface area contributed by atoms with Gasteiger partial charge in [0.15, 0.2) is 11.5 Å². The van der Waals surface area contributed by atoms with Crippen molar-refractivity contribution in [2.24, 2.45) is 0 Å². The Kier molecular flexibility index (Phi) is 6.87. The summed E-state index contributed by atoms with van der Waals surface area (Å²) >= 11 is 0. The number of nitrogens with zero attached hydrogens (tertiary/aromatic N) is 3. The smallest absolute Gasteiger partial charge is 0.227 e. The Morgan fingerprint density at radius 1 is 0.917 bits per heavy atom. The minimum absolute atomic E-state index is 0.417. The van der Waals surface area contributed by atoms with Gasteiger partial charge in [0.25, 0.3) is 0 Å². The fourth-order valence-electron chi connectivity index (χ4n) is 5.01. The highest BCUT2D eigenvalue weighted by Crippen LogP contribution is 2.36. The van der Waals surface area contributed by atoms with E-state index >= 15 is 0 Å². The van der Waals surface area contributed by atoms with Gasteiger partial charge in [-0.25, -0.2) is 9.97 Å². The molecular formula is C28H32N4O4. The molecule has 1 fully saturated rings. The van der Waals surface area contributed by atoms with Crippen LogP contribution in [0.3, 0.4) is 0 Å². The molecule has 1 aromatic heterocycles. The number of benzene rings is 2. The molecule has 1 aliphatic carbocycles. The van der Waals surface area contributed by atoms with Crippen molar-refractivity contribution in [3.05, 3.63) is 53.7 Å². The van der Waals surface area contributed by atoms with Gasteiger partial charge in [0, 0.05) is 30.1 Å². The number of nitrogens with one attached hydrogen (secondary N) is 1. The zero-order valence-corrected chi connectivity index (χ0v) is 20.5. The first-order chi connectivity index (χ1) is 17.8. The summed E-state index contributed by atoms with van der Waals surface area (Å²) in [5, 5.41) is 3.36. The van der Waals surface area contributed by atoms with Crippen molar-refractivity contribution in [3.8, 4) is 28.5 Å². The number of rotatable bonds is 4. The fourth-order valence-corrected chi connectivity index (χ4v) is 5.01. The van der Waals surface area contributed by atoms with E-state index in [2.05, 4.69) is 27.3 Å². The molecule has 6 rings (SSSR count). The lowest BCUT2D eigenvalue weighted by Gasteiger charge is -2.20. The summed E-state index contributed by atoms with van der Waals surface area (Å²) < 4.78 is 23.9. The van der Waals surface area contributed by atoms with E-state index in [9.17, 15) is 0 Å². The summed E-state index contributed by atoms with van der Waals surface area (Å²) in [6.45, 7) is 5.71. The summed E-state index contributed by atoms with van der Waals surface area (Å²) in [4.78, 5) is 11.9. The van der Waals surface area contributed by atoms with E-state index in [0.29, 0.717) is 44.7 Å². The maximum Gasteiger partial charge on any atom is 0.227 e. The zero-order chi connectivity index (χ0) is 24.2. The van der Waals surface area contributed by atoms with E-state index in [1.165, 1.54) is 18.4 Å². The van der Waals surface area contributed by atoms with Gasteiger partial charge in [0.1, 0.15) is 25.6 Å². The van der Waals surface area contributed by atoms with Crippen molar-refractivity contribution in [1.82, 2.24) is 14.9 Å². The van der Waals surface area contributed by atoms with E-state index in [-0.39, 0.29) is 0 Å². The van der Waals surface area contributed by atoms with Crippen LogP contribution >= 0.6 is 0 Å². The largest absolute Gasteiger partial charge is 0.491 e. The van der Waals surface area contributed by atoms with Crippen LogP contribution in [0.1, 0.15) is 24.0 Å². The van der Waals surface area contributed by atoms with Crippen LogP contribution in [0.5, 0.6) is 17.2 Å². The number of aryl methyl sites for hydroxylation is 2. The van der Waals surface area contributed by atoms with Crippen LogP contribution in [-0.2, 0) is 17.6 Å². The average molecular weight is 489 g/mol. The van der Waals surface area contributed by atoms with Crippen LogP contribution in [0.2, 0.25) is 0 Å². The van der Waals surface area contributed by atoms with Gasteiger partial charge in [-0.2, -0.15) is 0 Å². The fraction of sp³-hybridized carbons (Fsp3) is 0.429. The lowest BCUT2D eigenvalue weighted by atomic mass is 9.90. The number of anilines is 2. The summed E-state index contributed by atoms with van der Waals surface area (Å²) in [5.41, 5.74) is 5.33. The average Bonchev–Trinajstić information content (AvgIpc) is 3.42. The first kappa shape index (κ1) is 23.1. The molecule has 0 unspecified atom stereocenters. The van der Waals surface area contributed by atoms with Crippen molar-refractivity contribution in [3.63, 3.8) is 0 Å². The van der Waals surface area contributed by atoms with Gasteiger partial charge >= 0.3 is 0 Å². The van der Waals surface area contributed by atoms with Gasteiger partial charge in [0.2, 0.25) is 5.95 Å². The molecule has 3 heterocycles. The Hall–Kier alpha value is -3.36. The molecule has 3 aliphatic rings. The van der Waals surface area contributed by atoms with Gasteiger partial charge in [-0.15, -0.1) is 0 Å². The molecular weight excluding hydrogens is 456 g/mol. The van der Waals surface area contributed by atoms with E-state index in [4.69, 9.17) is 23.9 Å². The Morgan fingerprint density at radius 3 is 2.69 bits per heavy atom. The zero-order valence-electron chi connectivity index (χ0n) is 20.5. The number of hydrogen-bond acceptors (Lipinski definition) is 8. The van der Waals surface area contributed by atoms with Gasteiger partial charge in [-0.1, -0.05) is 6.07 Å². The molecule has 36 heavy (non-hydrogen) atoms. The predicted octanol–water partition coefficient (Wildman–Crippen LogP) is 4.25. The maximum absolute atomic E-state index is 6.12. The third-order valence-corrected chi connectivity index (χ3v) is 6.91. The number of aromatic nitrogens is 2. The first-order valence-electron chi connectivity index (χ1n) is 12.9. The molecule has 8 heteroatoms. The molecule has 0 saturated carbocycles. The predicted molar refractivity (Wildman–Crippen MR) is 138 cm³/mol. The highest BCUT2D eigenvalue weighted by molar-refractivity contribution is 5.72. The lowest BCUT2D eigenvalue weighted by Crippen LogP contribution is -2.25. The minimum Gasteiger partial charge on any atom is -0.491 e. The first-order valence-corrected chi connectivity index (χ1v) is 12.9. The molecule has 188 valence electrons. The molecule has 8 nitrogen and oxygen atoms in total. The van der Waals surface area contributed by atoms with Crippen LogP contribution in [0.15, 0.2) is 42.6 Å². The number of fused-ring (bicyclic) bond motifs is 4. The molecule has 1 saturated heterocycles. The summed E-state index contributed by atoms with van der Waals surface area (Å²) in [5.74, 6) is 2.78. The Bertz CT molecular complexity index is 1210. The van der Waals surface area contributed by atoms with Crippen LogP contribution in [0.4, 0.5) is 11.6 Å². The van der Waals surface area contributed by atoms with Gasteiger partial charge in [0.05, 0.1) is 18.9 Å². The quantitative estimate of drug-likeness (QED) is 0.584. The van der Waals surface area contributed by atoms with Gasteiger partial charge in [-0.05, 0) is 74.2 Å². The molecule has 0 radical (unpaired) electrons. The van der Waals surface area contributed by atoms with Crippen LogP contribution < -0.4 is 19.5 Å². The highest BCUT2D eigenvalue weighted by Gasteiger charge is 2.20. The normalized spacial score (nSPS) is 17.6. The van der Waals surface area contributed by atoms with Crippen molar-refractivity contribution >= 4 is 11.6 Å². The van der Waals surface area contributed by atoms with E-state index in [1.807, 2.05) is 30.5 Å². The summed E-state index contributed by atoms with van der Waals surface area (Å²) in [7, 11) is 0. The molecule has 2 aromatic carbocycles. The van der Waals surface area contributed by atoms with E-state index in [0.717, 1.165) is 66.5 Å². The Labute approximate surface area is 211 Å². The summed E-state index contributed by atoms with van der Waals surface area (Å²) in [6.07, 6.45) is 6.38. The highest BCUT2D eigenvalue weighted by atomic mass is 16.6. The standard InChI is InChI=1S/C28H32N4O4/c1-2-10-32(9-1)11-12-35-25-8-6-22-17-26(25)36-16-14-33-13-15-34-23-7-5-20-3-4-21-19-29-28(30-22)31-27(21)24(20)18-23/h5-8,17-19H,1-4,9-16H2,(H,29,30,31). The molecule has 3 aromatic rings. The second kappa shape index (κ2) is 10.7. The van der Waals surface area contributed by atoms with Crippen LogP contribution in [0, 0.1) is 0 Å². The van der Waals surface area contributed by atoms with Crippen molar-refractivity contribution < 1.29 is 18.9 Å². The van der Waals surface area contributed by atoms with Crippen LogP contribution in [-0.4, -0.2) is 67.5 Å². The van der Waals surface area contributed by atoms with Crippen molar-refractivity contribution in [2.75, 3.05) is 58.0 Å². The Balaban J connectivity index is 1.26. The molecule has 0 amide bonds.